The van der Waals surface area contributed by atoms with Crippen LogP contribution in [0.5, 0.6) is 0 Å². The van der Waals surface area contributed by atoms with Crippen LogP contribution in [0, 0.1) is 16.7 Å². The largest absolute Gasteiger partial charge is 0.456 e. The Morgan fingerprint density at radius 1 is 0.948 bits per heavy atom. The van der Waals surface area contributed by atoms with E-state index in [1.54, 1.807) is 69.3 Å². The fourth-order valence-electron chi connectivity index (χ4n) is 9.34. The van der Waals surface area contributed by atoms with Crippen molar-refractivity contribution in [3.63, 3.8) is 0 Å². The van der Waals surface area contributed by atoms with Gasteiger partial charge in [-0.3, -0.25) is 14.4 Å². The van der Waals surface area contributed by atoms with Gasteiger partial charge < -0.3 is 44.3 Å². The molecular formula is C43H51NO14. The molecule has 0 radical (unpaired) electrons. The van der Waals surface area contributed by atoms with Gasteiger partial charge in [0.25, 0.3) is 0 Å². The number of esters is 3. The molecule has 10 atom stereocenters. The van der Waals surface area contributed by atoms with Crippen molar-refractivity contribution in [2.45, 2.75) is 122 Å². The van der Waals surface area contributed by atoms with E-state index in [-0.39, 0.29) is 29.7 Å². The summed E-state index contributed by atoms with van der Waals surface area (Å²) in [6.45, 7) is 11.5. The molecule has 0 spiro atoms. The van der Waals surface area contributed by atoms with E-state index in [0.29, 0.717) is 5.56 Å². The third-order valence-electron chi connectivity index (χ3n) is 12.4. The summed E-state index contributed by atoms with van der Waals surface area (Å²) < 4.78 is 29.4. The molecule has 1 saturated heterocycles. The molecule has 1 amide bonds. The Kier molecular flexibility index (Phi) is 11.0. The van der Waals surface area contributed by atoms with E-state index in [1.165, 1.54) is 39.8 Å². The number of hydrogen-bond acceptors (Lipinski definition) is 14. The number of carbonyl (C=O) groups excluding carboxylic acids is 6. The first-order valence-electron chi connectivity index (χ1n) is 19.2. The Bertz CT molecular complexity index is 2020. The third-order valence-corrected chi connectivity index (χ3v) is 12.4. The number of aliphatic hydroxyl groups is 3. The van der Waals surface area contributed by atoms with Gasteiger partial charge in [-0.05, 0) is 57.9 Å². The summed E-state index contributed by atoms with van der Waals surface area (Å²) in [6.07, 6.45) is -9.78. The number of nitrogens with one attached hydrogen (secondary N) is 1. The van der Waals surface area contributed by atoms with Crippen LogP contribution in [-0.2, 0) is 42.9 Å². The molecule has 4 N–H and O–H groups in total. The van der Waals surface area contributed by atoms with E-state index in [0.717, 1.165) is 6.92 Å². The number of hydrogen-bond donors (Lipinski definition) is 4. The molecule has 2 saturated carbocycles. The molecule has 58 heavy (non-hydrogen) atoms. The number of ketones is 2. The second-order valence-corrected chi connectivity index (χ2v) is 17.4. The van der Waals surface area contributed by atoms with Gasteiger partial charge in [0.1, 0.15) is 29.5 Å². The number of aliphatic hydroxyl groups excluding tert-OH is 2. The minimum atomic E-state index is -2.41. The standard InChI is InChI=1S/C43H51NO14/c1-22-26(55-37(51)32(48)30(24-15-11-9-12-16-24)44-38(52)58-39(3,4)5)20-43(53)35(56-36(50)25-17-13-10-14-18-25)33-41(8,34(49)31(47)29(22)40(43,6)7)27(46)19-28-42(33,21-54-28)57-23(2)45/h9-18,26-28,30,32-33,35,46,48,53H,19-21H2,1-8H3,(H,44,52)/t26?,27-,28+,30-,32?,33-,35?,41+,42-,43+/m0/s1. The first-order valence-corrected chi connectivity index (χ1v) is 19.2. The Hall–Kier alpha value is -4.96. The predicted molar refractivity (Wildman–Crippen MR) is 203 cm³/mol. The smallest absolute Gasteiger partial charge is 0.408 e. The van der Waals surface area contributed by atoms with Crippen LogP contribution in [0.4, 0.5) is 4.79 Å². The van der Waals surface area contributed by atoms with E-state index in [2.05, 4.69) is 5.32 Å². The average Bonchev–Trinajstić information content (AvgIpc) is 3.14. The molecular weight excluding hydrogens is 754 g/mol. The number of ether oxygens (including phenoxy) is 5. The molecule has 0 aromatic heterocycles. The molecule has 3 unspecified atom stereocenters. The van der Waals surface area contributed by atoms with Gasteiger partial charge in [0.15, 0.2) is 11.7 Å². The minimum absolute atomic E-state index is 0.0602. The van der Waals surface area contributed by atoms with Crippen LogP contribution in [0.25, 0.3) is 0 Å². The number of alkyl carbamates (subject to hydrolysis) is 1. The fourth-order valence-corrected chi connectivity index (χ4v) is 9.34. The Morgan fingerprint density at radius 3 is 2.10 bits per heavy atom. The summed E-state index contributed by atoms with van der Waals surface area (Å²) in [7, 11) is 0. The Morgan fingerprint density at radius 2 is 1.55 bits per heavy atom. The van der Waals surface area contributed by atoms with E-state index >= 15 is 0 Å². The van der Waals surface area contributed by atoms with E-state index in [9.17, 15) is 44.1 Å². The number of carbonyl (C=O) groups is 6. The van der Waals surface area contributed by atoms with Gasteiger partial charge in [-0.15, -0.1) is 0 Å². The molecule has 2 bridgehead atoms. The molecule has 3 fully saturated rings. The lowest BCUT2D eigenvalue weighted by molar-refractivity contribution is -0.343. The van der Waals surface area contributed by atoms with Crippen LogP contribution in [0.3, 0.4) is 0 Å². The summed E-state index contributed by atoms with van der Waals surface area (Å²) in [5, 5.41) is 39.3. The highest BCUT2D eigenvalue weighted by molar-refractivity contribution is 6.46. The molecule has 2 aromatic rings. The van der Waals surface area contributed by atoms with Crippen molar-refractivity contribution in [3.8, 4) is 0 Å². The van der Waals surface area contributed by atoms with E-state index in [1.807, 2.05) is 0 Å². The van der Waals surface area contributed by atoms with Gasteiger partial charge in [-0.2, -0.15) is 0 Å². The third kappa shape index (κ3) is 7.01. The summed E-state index contributed by atoms with van der Waals surface area (Å²) in [5.41, 5.74) is -8.77. The van der Waals surface area contributed by atoms with Gasteiger partial charge in [0.2, 0.25) is 11.6 Å². The Balaban J connectivity index is 1.49. The molecule has 2 aromatic carbocycles. The molecule has 3 aliphatic carbocycles. The number of amides is 1. The monoisotopic (exact) mass is 805 g/mol. The highest BCUT2D eigenvalue weighted by Crippen LogP contribution is 2.63. The van der Waals surface area contributed by atoms with Crippen LogP contribution < -0.4 is 5.32 Å². The maximum absolute atomic E-state index is 14.8. The van der Waals surface area contributed by atoms with Crippen molar-refractivity contribution < 1.29 is 67.8 Å². The van der Waals surface area contributed by atoms with Crippen molar-refractivity contribution in [1.82, 2.24) is 5.32 Å². The average molecular weight is 806 g/mol. The van der Waals surface area contributed by atoms with Crippen molar-refractivity contribution >= 4 is 35.6 Å². The van der Waals surface area contributed by atoms with Crippen LogP contribution in [-0.4, -0.2) is 105 Å². The predicted octanol–water partition coefficient (Wildman–Crippen LogP) is 3.47. The minimum Gasteiger partial charge on any atom is -0.456 e. The lowest BCUT2D eigenvalue weighted by Crippen LogP contribution is -2.81. The zero-order chi connectivity index (χ0) is 42.7. The van der Waals surface area contributed by atoms with Crippen LogP contribution in [0.15, 0.2) is 71.8 Å². The number of benzene rings is 2. The maximum Gasteiger partial charge on any atom is 0.408 e. The summed E-state index contributed by atoms with van der Waals surface area (Å²) in [5.74, 6) is -6.80. The maximum atomic E-state index is 14.8. The highest BCUT2D eigenvalue weighted by Gasteiger charge is 2.78. The van der Waals surface area contributed by atoms with E-state index in [4.69, 9.17) is 23.7 Å². The first kappa shape index (κ1) is 42.6. The molecule has 6 rings (SSSR count). The number of Topliss-reactive ketones (excluding diaryl/α,β-unsaturated/α-hetero) is 2. The van der Waals surface area contributed by atoms with Crippen molar-refractivity contribution in [3.05, 3.63) is 82.9 Å². The van der Waals surface area contributed by atoms with Gasteiger partial charge in [0, 0.05) is 30.8 Å². The molecule has 4 aliphatic rings. The van der Waals surface area contributed by atoms with Crippen molar-refractivity contribution in [1.29, 1.82) is 0 Å². The van der Waals surface area contributed by atoms with Gasteiger partial charge in [0.05, 0.1) is 35.6 Å². The van der Waals surface area contributed by atoms with Crippen molar-refractivity contribution in [2.75, 3.05) is 6.61 Å². The SMILES string of the molecule is CC(=O)O[C@@]12CO[C@@H]1C[C@H](O)[C@@]1(C)C(=O)C(=O)C3=C(C)C(OC(=O)C(O)[C@@H](NC(=O)OC(C)(C)C)c4ccccc4)C[C@@](O)(C(OC(=O)c4ccccc4)[C@H]21)C3(C)C. The van der Waals surface area contributed by atoms with Crippen LogP contribution in [0.2, 0.25) is 0 Å². The lowest BCUT2D eigenvalue weighted by Gasteiger charge is -2.66. The van der Waals surface area contributed by atoms with Gasteiger partial charge in [-0.1, -0.05) is 62.4 Å². The Labute approximate surface area is 336 Å². The normalized spacial score (nSPS) is 32.4. The summed E-state index contributed by atoms with van der Waals surface area (Å²) in [6, 6.07) is 14.5. The van der Waals surface area contributed by atoms with Crippen molar-refractivity contribution in [2.24, 2.45) is 16.7 Å². The molecule has 312 valence electrons. The van der Waals surface area contributed by atoms with E-state index < -0.39 is 112 Å². The van der Waals surface area contributed by atoms with Crippen LogP contribution >= 0.6 is 0 Å². The highest BCUT2D eigenvalue weighted by atomic mass is 16.6. The van der Waals surface area contributed by atoms with Gasteiger partial charge in [-0.25, -0.2) is 14.4 Å². The topological polar surface area (TPSA) is 221 Å². The van der Waals surface area contributed by atoms with Crippen LogP contribution in [0.1, 0.15) is 90.2 Å². The zero-order valence-electron chi connectivity index (χ0n) is 33.8. The second-order valence-electron chi connectivity index (χ2n) is 17.4. The first-order chi connectivity index (χ1) is 27.0. The molecule has 1 heterocycles. The summed E-state index contributed by atoms with van der Waals surface area (Å²) in [4.78, 5) is 83.5. The van der Waals surface area contributed by atoms with Gasteiger partial charge >= 0.3 is 24.0 Å². The fraction of sp³-hybridized carbons (Fsp3) is 0.535. The summed E-state index contributed by atoms with van der Waals surface area (Å²) >= 11 is 0. The molecule has 15 heteroatoms. The second kappa shape index (κ2) is 15.0. The molecule has 1 aliphatic heterocycles. The zero-order valence-corrected chi connectivity index (χ0v) is 33.8. The quantitative estimate of drug-likeness (QED) is 0.171. The number of rotatable bonds is 8. The lowest BCUT2D eigenvalue weighted by atomic mass is 9.45. The molecule has 15 nitrogen and oxygen atoms in total. The number of fused-ring (bicyclic) bond motifs is 5.